The van der Waals surface area contributed by atoms with E-state index in [1.165, 1.54) is 122 Å². The van der Waals surface area contributed by atoms with Gasteiger partial charge in [-0.05, 0) is 120 Å². The number of unbranched alkanes of at least 4 members (excludes halogenated alkanes) is 12. The van der Waals surface area contributed by atoms with Crippen molar-refractivity contribution < 1.29 is 42.9 Å². The molecule has 0 spiro atoms. The molecule has 10 nitrogen and oxygen atoms in total. The fraction of sp³-hybridized carbons (Fsp3) is 0.929. The summed E-state index contributed by atoms with van der Waals surface area (Å²) in [5.41, 5.74) is 0. The first-order chi connectivity index (χ1) is 32.1. The first-order valence-corrected chi connectivity index (χ1v) is 28.1. The number of nitrogens with zero attached hydrogens (tertiary/aromatic N) is 1. The molecule has 4 fully saturated rings. The highest BCUT2D eigenvalue weighted by molar-refractivity contribution is 5.71. The van der Waals surface area contributed by atoms with Crippen molar-refractivity contribution in [1.29, 1.82) is 0 Å². The van der Waals surface area contributed by atoms with Crippen LogP contribution in [0.2, 0.25) is 0 Å². The lowest BCUT2D eigenvalue weighted by Crippen LogP contribution is -2.45. The van der Waals surface area contributed by atoms with Gasteiger partial charge in [0.05, 0.1) is 13.2 Å². The Morgan fingerprint density at radius 3 is 1.42 bits per heavy atom. The number of carbonyl (C=O) groups excluding carboxylic acids is 4. The fourth-order valence-electron chi connectivity index (χ4n) is 12.1. The second kappa shape index (κ2) is 34.2. The van der Waals surface area contributed by atoms with Gasteiger partial charge in [0.25, 0.3) is 0 Å². The van der Waals surface area contributed by atoms with E-state index in [4.69, 9.17) is 23.7 Å². The SMILES string of the molecule is CCCCCCCCCC(=O)OCCC(COC(=O)CCC1CC2CCCCC2C1)C(OCCCN(C)C)C(COC(=O)CCC1CC2CCCCC2C1)OC(=O)CCCCCCCCC. The molecule has 0 aromatic carbocycles. The van der Waals surface area contributed by atoms with Gasteiger partial charge in [-0.15, -0.1) is 0 Å². The molecule has 4 aliphatic rings. The number of rotatable bonds is 37. The van der Waals surface area contributed by atoms with Crippen LogP contribution in [0.5, 0.6) is 0 Å². The van der Waals surface area contributed by atoms with E-state index in [0.29, 0.717) is 44.1 Å². The molecule has 7 atom stereocenters. The zero-order valence-electron chi connectivity index (χ0n) is 42.9. The molecule has 0 radical (unpaired) electrons. The number of hydrogen-bond donors (Lipinski definition) is 0. The molecule has 0 saturated heterocycles. The Morgan fingerprint density at radius 2 is 0.939 bits per heavy atom. The second-order valence-corrected chi connectivity index (χ2v) is 21.8. The summed E-state index contributed by atoms with van der Waals surface area (Å²) in [6.45, 7) is 5.62. The van der Waals surface area contributed by atoms with Crippen LogP contribution in [0.1, 0.15) is 232 Å². The van der Waals surface area contributed by atoms with E-state index in [9.17, 15) is 19.2 Å². The molecule has 4 aliphatic carbocycles. The van der Waals surface area contributed by atoms with E-state index in [1.807, 2.05) is 14.1 Å². The van der Waals surface area contributed by atoms with Gasteiger partial charge in [0.2, 0.25) is 0 Å². The van der Waals surface area contributed by atoms with Crippen molar-refractivity contribution in [3.8, 4) is 0 Å². The van der Waals surface area contributed by atoms with Crippen molar-refractivity contribution in [2.45, 2.75) is 244 Å². The van der Waals surface area contributed by atoms with Crippen LogP contribution in [0.25, 0.3) is 0 Å². The smallest absolute Gasteiger partial charge is 0.306 e. The molecule has 0 aromatic heterocycles. The van der Waals surface area contributed by atoms with Gasteiger partial charge in [0.15, 0.2) is 6.10 Å². The van der Waals surface area contributed by atoms with E-state index in [2.05, 4.69) is 18.7 Å². The average Bonchev–Trinajstić information content (AvgIpc) is 3.94. The summed E-state index contributed by atoms with van der Waals surface area (Å²) < 4.78 is 31.0. The highest BCUT2D eigenvalue weighted by Gasteiger charge is 2.38. The van der Waals surface area contributed by atoms with Crippen LogP contribution >= 0.6 is 0 Å². The van der Waals surface area contributed by atoms with E-state index < -0.39 is 18.1 Å². The van der Waals surface area contributed by atoms with Crippen LogP contribution in [0, 0.1) is 41.4 Å². The molecule has 0 aliphatic heterocycles. The van der Waals surface area contributed by atoms with Gasteiger partial charge in [-0.2, -0.15) is 0 Å². The minimum Gasteiger partial charge on any atom is -0.466 e. The molecule has 66 heavy (non-hydrogen) atoms. The summed E-state index contributed by atoms with van der Waals surface area (Å²) in [6.07, 6.45) is 33.4. The molecule has 0 bridgehead atoms. The topological polar surface area (TPSA) is 118 Å². The normalized spacial score (nSPS) is 24.0. The molecular weight excluding hydrogens is 831 g/mol. The molecule has 0 N–H and O–H groups in total. The van der Waals surface area contributed by atoms with Crippen LogP contribution in [-0.2, 0) is 42.9 Å². The summed E-state index contributed by atoms with van der Waals surface area (Å²) in [4.78, 5) is 55.8. The summed E-state index contributed by atoms with van der Waals surface area (Å²) in [7, 11) is 4.04. The van der Waals surface area contributed by atoms with Gasteiger partial charge in [-0.25, -0.2) is 0 Å². The Labute approximate surface area is 403 Å². The molecule has 4 rings (SSSR count). The third-order valence-electron chi connectivity index (χ3n) is 16.0. The number of fused-ring (bicyclic) bond motifs is 2. The lowest BCUT2D eigenvalue weighted by molar-refractivity contribution is -0.178. The fourth-order valence-corrected chi connectivity index (χ4v) is 12.1. The average molecular weight is 930 g/mol. The lowest BCUT2D eigenvalue weighted by atomic mass is 9.82. The van der Waals surface area contributed by atoms with E-state index in [-0.39, 0.29) is 50.1 Å². The Bertz CT molecular complexity index is 1300. The number of hydrogen-bond acceptors (Lipinski definition) is 10. The Balaban J connectivity index is 1.44. The van der Waals surface area contributed by atoms with Crippen LogP contribution in [-0.4, -0.2) is 88.1 Å². The zero-order valence-corrected chi connectivity index (χ0v) is 42.9. The number of esters is 4. The second-order valence-electron chi connectivity index (χ2n) is 21.8. The van der Waals surface area contributed by atoms with Crippen LogP contribution < -0.4 is 0 Å². The molecule has 4 saturated carbocycles. The molecule has 7 unspecified atom stereocenters. The van der Waals surface area contributed by atoms with Crippen molar-refractivity contribution >= 4 is 23.9 Å². The van der Waals surface area contributed by atoms with Crippen molar-refractivity contribution in [1.82, 2.24) is 4.90 Å². The molecule has 0 heterocycles. The molecule has 0 amide bonds. The largest absolute Gasteiger partial charge is 0.466 e. The first-order valence-electron chi connectivity index (χ1n) is 28.1. The maximum Gasteiger partial charge on any atom is 0.306 e. The maximum atomic E-state index is 13.7. The van der Waals surface area contributed by atoms with Crippen LogP contribution in [0.3, 0.4) is 0 Å². The molecular formula is C56H99NO9. The van der Waals surface area contributed by atoms with Gasteiger partial charge >= 0.3 is 23.9 Å². The van der Waals surface area contributed by atoms with Gasteiger partial charge in [-0.1, -0.05) is 142 Å². The van der Waals surface area contributed by atoms with Gasteiger partial charge in [-0.3, -0.25) is 19.2 Å². The minimum atomic E-state index is -0.909. The molecule has 10 heteroatoms. The monoisotopic (exact) mass is 930 g/mol. The maximum absolute atomic E-state index is 13.7. The molecule has 0 aromatic rings. The quantitative estimate of drug-likeness (QED) is 0.0338. The van der Waals surface area contributed by atoms with E-state index in [1.54, 1.807) is 0 Å². The van der Waals surface area contributed by atoms with Crippen LogP contribution in [0.15, 0.2) is 0 Å². The summed E-state index contributed by atoms with van der Waals surface area (Å²) in [5.74, 6) is 2.82. The first kappa shape index (κ1) is 56.4. The standard InChI is InChI=1S/C56H99NO9/c1-5-7-9-11-13-15-17-28-52(58)62-37-34-50(42-64-53(59)32-30-44-38-46-24-19-20-25-47(46)39-44)56(63-36-23-35-57(3)4)51(66-55(61)29-18-16-14-12-10-8-6-2)43-65-54(60)33-31-45-40-48-26-21-22-27-49(48)41-45/h44-51,56H,5-43H2,1-4H3. The third-order valence-corrected chi connectivity index (χ3v) is 16.0. The highest BCUT2D eigenvalue weighted by atomic mass is 16.6. The third kappa shape index (κ3) is 23.4. The van der Waals surface area contributed by atoms with Gasteiger partial charge in [0, 0.05) is 38.2 Å². The van der Waals surface area contributed by atoms with Crippen molar-refractivity contribution in [2.24, 2.45) is 41.4 Å². The number of ether oxygens (including phenoxy) is 5. The minimum absolute atomic E-state index is 0.0339. The Kier molecular flexibility index (Phi) is 29.2. The predicted octanol–water partition coefficient (Wildman–Crippen LogP) is 13.1. The summed E-state index contributed by atoms with van der Waals surface area (Å²) in [6, 6.07) is 0. The number of carbonyl (C=O) groups is 4. The molecule has 382 valence electrons. The van der Waals surface area contributed by atoms with Crippen molar-refractivity contribution in [2.75, 3.05) is 47.1 Å². The lowest BCUT2D eigenvalue weighted by Gasteiger charge is -2.33. The van der Waals surface area contributed by atoms with E-state index in [0.717, 1.165) is 94.4 Å². The van der Waals surface area contributed by atoms with Crippen molar-refractivity contribution in [3.63, 3.8) is 0 Å². The predicted molar refractivity (Wildman–Crippen MR) is 264 cm³/mol. The van der Waals surface area contributed by atoms with E-state index >= 15 is 0 Å². The van der Waals surface area contributed by atoms with Gasteiger partial charge < -0.3 is 28.6 Å². The summed E-state index contributed by atoms with van der Waals surface area (Å²) >= 11 is 0. The summed E-state index contributed by atoms with van der Waals surface area (Å²) in [5, 5.41) is 0. The van der Waals surface area contributed by atoms with Gasteiger partial charge in [0.1, 0.15) is 12.7 Å². The van der Waals surface area contributed by atoms with Crippen molar-refractivity contribution in [3.05, 3.63) is 0 Å². The van der Waals surface area contributed by atoms with Crippen LogP contribution in [0.4, 0.5) is 0 Å². The highest BCUT2D eigenvalue weighted by Crippen LogP contribution is 2.47. The Morgan fingerprint density at radius 1 is 0.500 bits per heavy atom. The Hall–Kier alpha value is -2.20. The zero-order chi connectivity index (χ0) is 47.2.